The largest absolute Gasteiger partial charge is 0.375 e. The molecule has 1 aliphatic carbocycles. The van der Waals surface area contributed by atoms with E-state index in [1.165, 1.54) is 19.3 Å². The number of rotatable bonds is 4. The molecule has 104 valence electrons. The minimum absolute atomic E-state index is 0.0976. The molecule has 1 heterocycles. The zero-order valence-corrected chi connectivity index (χ0v) is 11.8. The van der Waals surface area contributed by atoms with Crippen molar-refractivity contribution in [3.8, 4) is 0 Å². The Morgan fingerprint density at radius 3 is 2.72 bits per heavy atom. The van der Waals surface area contributed by atoms with E-state index in [1.54, 1.807) is 7.05 Å². The Morgan fingerprint density at radius 1 is 1.44 bits per heavy atom. The molecule has 1 aliphatic heterocycles. The van der Waals surface area contributed by atoms with Crippen LogP contribution in [0.1, 0.15) is 46.0 Å². The van der Waals surface area contributed by atoms with Crippen LogP contribution >= 0.6 is 0 Å². The van der Waals surface area contributed by atoms with Crippen molar-refractivity contribution in [3.05, 3.63) is 0 Å². The first kappa shape index (κ1) is 13.8. The molecule has 1 unspecified atom stereocenters. The molecule has 0 bridgehead atoms. The van der Waals surface area contributed by atoms with E-state index in [1.807, 2.05) is 13.8 Å². The average molecular weight is 254 g/mol. The monoisotopic (exact) mass is 254 g/mol. The second kappa shape index (κ2) is 5.17. The molecular weight excluding hydrogens is 228 g/mol. The molecule has 18 heavy (non-hydrogen) atoms. The van der Waals surface area contributed by atoms with Crippen LogP contribution in [0.2, 0.25) is 0 Å². The van der Waals surface area contributed by atoms with Gasteiger partial charge in [-0.25, -0.2) is 0 Å². The molecule has 0 aromatic carbocycles. The highest BCUT2D eigenvalue weighted by Crippen LogP contribution is 2.42. The van der Waals surface area contributed by atoms with Crippen LogP contribution in [0.3, 0.4) is 0 Å². The van der Waals surface area contributed by atoms with Crippen molar-refractivity contribution in [2.45, 2.75) is 57.6 Å². The van der Waals surface area contributed by atoms with Crippen LogP contribution in [0, 0.1) is 5.41 Å². The molecule has 1 saturated carbocycles. The minimum Gasteiger partial charge on any atom is -0.375 e. The number of carbonyl (C=O) groups is 1. The lowest BCUT2D eigenvalue weighted by Crippen LogP contribution is -2.53. The molecule has 0 aromatic heterocycles. The summed E-state index contributed by atoms with van der Waals surface area (Å²) in [6.07, 6.45) is 5.90. The zero-order valence-electron chi connectivity index (χ0n) is 11.8. The van der Waals surface area contributed by atoms with Gasteiger partial charge in [-0.1, -0.05) is 0 Å². The van der Waals surface area contributed by atoms with Gasteiger partial charge in [0.2, 0.25) is 5.91 Å². The van der Waals surface area contributed by atoms with Gasteiger partial charge in [0.1, 0.15) is 0 Å². The minimum atomic E-state index is -0.347. The fourth-order valence-electron chi connectivity index (χ4n) is 2.94. The molecule has 1 spiro atoms. The van der Waals surface area contributed by atoms with Gasteiger partial charge in [0.15, 0.2) is 0 Å². The summed E-state index contributed by atoms with van der Waals surface area (Å²) in [7, 11) is 1.70. The lowest BCUT2D eigenvalue weighted by Gasteiger charge is -2.47. The number of carbonyl (C=O) groups excluding carboxylic acids is 1. The molecule has 1 amide bonds. The first-order valence-electron chi connectivity index (χ1n) is 7.07. The van der Waals surface area contributed by atoms with E-state index in [9.17, 15) is 4.79 Å². The Labute approximate surface area is 110 Å². The molecule has 2 aliphatic rings. The molecule has 2 N–H and O–H groups in total. The summed E-state index contributed by atoms with van der Waals surface area (Å²) in [4.78, 5) is 11.7. The van der Waals surface area contributed by atoms with E-state index < -0.39 is 0 Å². The van der Waals surface area contributed by atoms with Gasteiger partial charge in [0.05, 0.1) is 11.0 Å². The fourth-order valence-corrected chi connectivity index (χ4v) is 2.94. The number of amides is 1. The van der Waals surface area contributed by atoms with Gasteiger partial charge in [-0.05, 0) is 46.0 Å². The topological polar surface area (TPSA) is 50.4 Å². The second-order valence-electron chi connectivity index (χ2n) is 6.42. The SMILES string of the molecule is CNC(=O)C(C)(C)CNC1CCOC2(CCC2)C1. The number of hydrogen-bond acceptors (Lipinski definition) is 3. The fraction of sp³-hybridized carbons (Fsp3) is 0.929. The molecule has 4 heteroatoms. The maximum Gasteiger partial charge on any atom is 0.226 e. The van der Waals surface area contributed by atoms with Crippen molar-refractivity contribution in [1.82, 2.24) is 10.6 Å². The van der Waals surface area contributed by atoms with Crippen LogP contribution in [0.4, 0.5) is 0 Å². The quantitative estimate of drug-likeness (QED) is 0.798. The van der Waals surface area contributed by atoms with Crippen molar-refractivity contribution in [1.29, 1.82) is 0 Å². The Hall–Kier alpha value is -0.610. The standard InChI is InChI=1S/C14H26N2O2/c1-13(2,12(17)15-3)10-16-11-5-8-18-14(9-11)6-4-7-14/h11,16H,4-10H2,1-3H3,(H,15,17). The van der Waals surface area contributed by atoms with Crippen LogP contribution in [0.5, 0.6) is 0 Å². The van der Waals surface area contributed by atoms with E-state index in [0.717, 1.165) is 26.0 Å². The summed E-state index contributed by atoms with van der Waals surface area (Å²) >= 11 is 0. The van der Waals surface area contributed by atoms with E-state index in [4.69, 9.17) is 4.74 Å². The average Bonchev–Trinajstić information content (AvgIpc) is 2.34. The first-order valence-corrected chi connectivity index (χ1v) is 7.07. The smallest absolute Gasteiger partial charge is 0.226 e. The van der Waals surface area contributed by atoms with Crippen molar-refractivity contribution >= 4 is 5.91 Å². The van der Waals surface area contributed by atoms with Gasteiger partial charge in [-0.15, -0.1) is 0 Å². The predicted molar refractivity (Wildman–Crippen MR) is 71.4 cm³/mol. The van der Waals surface area contributed by atoms with Gasteiger partial charge in [-0.3, -0.25) is 4.79 Å². The summed E-state index contributed by atoms with van der Waals surface area (Å²) in [5.41, 5.74) is -0.174. The third-order valence-electron chi connectivity index (χ3n) is 4.43. The maximum absolute atomic E-state index is 11.7. The number of ether oxygens (including phenoxy) is 1. The van der Waals surface area contributed by atoms with Crippen LogP contribution < -0.4 is 10.6 Å². The zero-order chi connectivity index (χ0) is 13.2. The third kappa shape index (κ3) is 2.86. The summed E-state index contributed by atoms with van der Waals surface area (Å²) in [6.45, 7) is 5.56. The van der Waals surface area contributed by atoms with Gasteiger partial charge in [0, 0.05) is 26.2 Å². The van der Waals surface area contributed by atoms with Crippen LogP contribution in [-0.4, -0.2) is 37.7 Å². The van der Waals surface area contributed by atoms with Crippen LogP contribution in [0.25, 0.3) is 0 Å². The molecule has 1 saturated heterocycles. The molecule has 0 radical (unpaired) electrons. The maximum atomic E-state index is 11.7. The Morgan fingerprint density at radius 2 is 2.17 bits per heavy atom. The van der Waals surface area contributed by atoms with E-state index in [0.29, 0.717) is 6.04 Å². The van der Waals surface area contributed by atoms with Crippen LogP contribution in [-0.2, 0) is 9.53 Å². The van der Waals surface area contributed by atoms with E-state index in [2.05, 4.69) is 10.6 Å². The molecule has 2 fully saturated rings. The molecular formula is C14H26N2O2. The Balaban J connectivity index is 1.81. The third-order valence-corrected chi connectivity index (χ3v) is 4.43. The summed E-state index contributed by atoms with van der Waals surface area (Å²) in [5.74, 6) is 0.0976. The lowest BCUT2D eigenvalue weighted by atomic mass is 9.74. The number of nitrogens with one attached hydrogen (secondary N) is 2. The van der Waals surface area contributed by atoms with Gasteiger partial charge < -0.3 is 15.4 Å². The summed E-state index contributed by atoms with van der Waals surface area (Å²) in [5, 5.41) is 6.29. The van der Waals surface area contributed by atoms with E-state index >= 15 is 0 Å². The van der Waals surface area contributed by atoms with Gasteiger partial charge >= 0.3 is 0 Å². The second-order valence-corrected chi connectivity index (χ2v) is 6.42. The first-order chi connectivity index (χ1) is 8.47. The van der Waals surface area contributed by atoms with E-state index in [-0.39, 0.29) is 16.9 Å². The van der Waals surface area contributed by atoms with Gasteiger partial charge in [-0.2, -0.15) is 0 Å². The molecule has 0 aromatic rings. The van der Waals surface area contributed by atoms with Crippen molar-refractivity contribution < 1.29 is 9.53 Å². The number of hydrogen-bond donors (Lipinski definition) is 2. The summed E-state index contributed by atoms with van der Waals surface area (Å²) < 4.78 is 5.91. The summed E-state index contributed by atoms with van der Waals surface area (Å²) in [6, 6.07) is 0.503. The van der Waals surface area contributed by atoms with Gasteiger partial charge in [0.25, 0.3) is 0 Å². The van der Waals surface area contributed by atoms with Crippen LogP contribution in [0.15, 0.2) is 0 Å². The highest BCUT2D eigenvalue weighted by molar-refractivity contribution is 5.81. The normalized spacial score (nSPS) is 26.7. The lowest BCUT2D eigenvalue weighted by molar-refractivity contribution is -0.137. The highest BCUT2D eigenvalue weighted by atomic mass is 16.5. The Kier molecular flexibility index (Phi) is 3.97. The Bertz CT molecular complexity index is 311. The highest BCUT2D eigenvalue weighted by Gasteiger charge is 2.42. The molecule has 2 rings (SSSR count). The molecule has 4 nitrogen and oxygen atoms in total. The van der Waals surface area contributed by atoms with Crippen molar-refractivity contribution in [2.75, 3.05) is 20.2 Å². The molecule has 1 atom stereocenters. The van der Waals surface area contributed by atoms with Crippen molar-refractivity contribution in [2.24, 2.45) is 5.41 Å². The van der Waals surface area contributed by atoms with Crippen molar-refractivity contribution in [3.63, 3.8) is 0 Å². The predicted octanol–water partition coefficient (Wildman–Crippen LogP) is 1.45.